The first-order chi connectivity index (χ1) is 9.29. The van der Waals surface area contributed by atoms with E-state index in [9.17, 15) is 9.90 Å². The van der Waals surface area contributed by atoms with Crippen LogP contribution in [0, 0.1) is 5.92 Å². The van der Waals surface area contributed by atoms with Gasteiger partial charge in [0.15, 0.2) is 0 Å². The largest absolute Gasteiger partial charge is 0.481 e. The Hall–Kier alpha value is -0.313. The zero-order valence-electron chi connectivity index (χ0n) is 14.4. The van der Waals surface area contributed by atoms with Gasteiger partial charge in [-0.15, -0.1) is 0 Å². The van der Waals surface area contributed by atoms with Crippen LogP contribution in [0.25, 0.3) is 0 Å². The molecule has 0 aromatic heterocycles. The van der Waals surface area contributed by atoms with Gasteiger partial charge in [0.2, 0.25) is 0 Å². The van der Waals surface area contributed by atoms with Crippen LogP contribution in [-0.4, -0.2) is 19.1 Å². The molecule has 2 nitrogen and oxygen atoms in total. The van der Waals surface area contributed by atoms with E-state index in [4.69, 9.17) is 0 Å². The number of aliphatic carboxylic acids is 1. The molecule has 0 aliphatic rings. The Morgan fingerprint density at radius 1 is 0.950 bits per heavy atom. The minimum absolute atomic E-state index is 0.111. The molecule has 0 radical (unpaired) electrons. The molecule has 0 rings (SSSR count). The van der Waals surface area contributed by atoms with E-state index in [1.165, 1.54) is 32.1 Å². The van der Waals surface area contributed by atoms with Crippen LogP contribution in [0.3, 0.4) is 0 Å². The van der Waals surface area contributed by atoms with Gasteiger partial charge < -0.3 is 5.11 Å². The van der Waals surface area contributed by atoms with Crippen LogP contribution in [0.1, 0.15) is 71.6 Å². The lowest BCUT2D eigenvalue weighted by Gasteiger charge is -2.26. The maximum absolute atomic E-state index is 11.3. The van der Waals surface area contributed by atoms with Gasteiger partial charge in [-0.25, -0.2) is 0 Å². The molecule has 0 aromatic rings. The summed E-state index contributed by atoms with van der Waals surface area (Å²) in [4.78, 5) is 11.3. The van der Waals surface area contributed by atoms with Crippen molar-refractivity contribution < 1.29 is 9.90 Å². The standard InChI is InChI=1S/C17H36O2Si/c1-6-7-8-9-10-11-12-16(17(18)19)14-13-15(2)20(3,4)5/h15-16H,6-14H2,1-5H3,(H,18,19). The van der Waals surface area contributed by atoms with E-state index in [1.54, 1.807) is 0 Å². The zero-order chi connectivity index (χ0) is 15.6. The Labute approximate surface area is 127 Å². The Kier molecular flexibility index (Phi) is 10.3. The lowest BCUT2D eigenvalue weighted by atomic mass is 9.95. The van der Waals surface area contributed by atoms with Gasteiger partial charge in [-0.3, -0.25) is 4.79 Å². The van der Waals surface area contributed by atoms with E-state index in [0.29, 0.717) is 5.54 Å². The third-order valence-corrected chi connectivity index (χ3v) is 7.93. The molecule has 0 saturated carbocycles. The molecule has 1 N–H and O–H groups in total. The van der Waals surface area contributed by atoms with E-state index < -0.39 is 14.0 Å². The predicted octanol–water partition coefficient (Wildman–Crippen LogP) is 5.95. The minimum Gasteiger partial charge on any atom is -0.481 e. The molecule has 0 spiro atoms. The summed E-state index contributed by atoms with van der Waals surface area (Å²) < 4.78 is 0. The van der Waals surface area contributed by atoms with E-state index >= 15 is 0 Å². The highest BCUT2D eigenvalue weighted by Gasteiger charge is 2.25. The zero-order valence-corrected chi connectivity index (χ0v) is 15.4. The van der Waals surface area contributed by atoms with Crippen molar-refractivity contribution in [2.24, 2.45) is 5.92 Å². The molecule has 0 amide bonds. The molecule has 20 heavy (non-hydrogen) atoms. The lowest BCUT2D eigenvalue weighted by Crippen LogP contribution is -2.27. The van der Waals surface area contributed by atoms with Crippen molar-refractivity contribution in [3.63, 3.8) is 0 Å². The highest BCUT2D eigenvalue weighted by Crippen LogP contribution is 2.29. The maximum Gasteiger partial charge on any atom is 0.306 e. The summed E-state index contributed by atoms with van der Waals surface area (Å²) in [5.74, 6) is -0.693. The van der Waals surface area contributed by atoms with Crippen molar-refractivity contribution in [3.8, 4) is 0 Å². The van der Waals surface area contributed by atoms with Crippen molar-refractivity contribution >= 4 is 14.0 Å². The Bertz CT molecular complexity index is 258. The first-order valence-electron chi connectivity index (χ1n) is 8.51. The number of hydrogen-bond acceptors (Lipinski definition) is 1. The number of hydrogen-bond donors (Lipinski definition) is 1. The molecule has 0 bridgehead atoms. The lowest BCUT2D eigenvalue weighted by molar-refractivity contribution is -0.142. The summed E-state index contributed by atoms with van der Waals surface area (Å²) in [6, 6.07) is 0. The topological polar surface area (TPSA) is 37.3 Å². The molecule has 0 heterocycles. The van der Waals surface area contributed by atoms with Crippen LogP contribution in [-0.2, 0) is 4.79 Å². The van der Waals surface area contributed by atoms with Crippen LogP contribution in [0.15, 0.2) is 0 Å². The van der Waals surface area contributed by atoms with Gasteiger partial charge in [-0.05, 0) is 18.4 Å². The highest BCUT2D eigenvalue weighted by atomic mass is 28.3. The quantitative estimate of drug-likeness (QED) is 0.357. The number of carbonyl (C=O) groups is 1. The molecule has 0 aliphatic heterocycles. The third-order valence-electron chi connectivity index (χ3n) is 4.68. The van der Waals surface area contributed by atoms with Gasteiger partial charge in [0.05, 0.1) is 5.92 Å². The molecule has 2 unspecified atom stereocenters. The molecular weight excluding hydrogens is 264 g/mol. The molecule has 3 heteroatoms. The van der Waals surface area contributed by atoms with Crippen molar-refractivity contribution in [2.45, 2.75) is 96.8 Å². The predicted molar refractivity (Wildman–Crippen MR) is 91.1 cm³/mol. The SMILES string of the molecule is CCCCCCCCC(CCC(C)[Si](C)(C)C)C(=O)O. The second-order valence-electron chi connectivity index (χ2n) is 7.44. The maximum atomic E-state index is 11.3. The summed E-state index contributed by atoms with van der Waals surface area (Å²) >= 11 is 0. The van der Waals surface area contributed by atoms with Crippen molar-refractivity contribution in [1.29, 1.82) is 0 Å². The van der Waals surface area contributed by atoms with Crippen LogP contribution < -0.4 is 0 Å². The van der Waals surface area contributed by atoms with Gasteiger partial charge in [0.25, 0.3) is 0 Å². The number of carboxylic acids is 1. The molecule has 0 saturated heterocycles. The summed E-state index contributed by atoms with van der Waals surface area (Å²) in [6.45, 7) is 11.7. The van der Waals surface area contributed by atoms with Gasteiger partial charge in [0.1, 0.15) is 0 Å². The number of carboxylic acid groups (broad SMARTS) is 1. The Morgan fingerprint density at radius 3 is 2.00 bits per heavy atom. The van der Waals surface area contributed by atoms with Crippen LogP contribution in [0.4, 0.5) is 0 Å². The Balaban J connectivity index is 3.91. The average Bonchev–Trinajstić information content (AvgIpc) is 2.35. The summed E-state index contributed by atoms with van der Waals surface area (Å²) in [7, 11) is -1.11. The summed E-state index contributed by atoms with van der Waals surface area (Å²) in [5.41, 5.74) is 0.717. The van der Waals surface area contributed by atoms with Crippen LogP contribution in [0.2, 0.25) is 25.2 Å². The molecule has 2 atom stereocenters. The van der Waals surface area contributed by atoms with Crippen molar-refractivity contribution in [2.75, 3.05) is 0 Å². The van der Waals surface area contributed by atoms with Gasteiger partial charge in [-0.1, -0.05) is 78.4 Å². The molecule has 0 aliphatic carbocycles. The van der Waals surface area contributed by atoms with Gasteiger partial charge in [-0.2, -0.15) is 0 Å². The van der Waals surface area contributed by atoms with Crippen LogP contribution in [0.5, 0.6) is 0 Å². The summed E-state index contributed by atoms with van der Waals surface area (Å²) in [6.07, 6.45) is 10.3. The van der Waals surface area contributed by atoms with E-state index in [-0.39, 0.29) is 5.92 Å². The van der Waals surface area contributed by atoms with Gasteiger partial charge in [0, 0.05) is 8.07 Å². The second-order valence-corrected chi connectivity index (χ2v) is 13.2. The van der Waals surface area contributed by atoms with Crippen molar-refractivity contribution in [1.82, 2.24) is 0 Å². The molecular formula is C17H36O2Si. The van der Waals surface area contributed by atoms with Crippen molar-refractivity contribution in [3.05, 3.63) is 0 Å². The average molecular weight is 301 g/mol. The molecule has 0 fully saturated rings. The minimum atomic E-state index is -1.11. The first kappa shape index (κ1) is 19.7. The summed E-state index contributed by atoms with van der Waals surface area (Å²) in [5, 5.41) is 9.34. The van der Waals surface area contributed by atoms with Gasteiger partial charge >= 0.3 is 5.97 Å². The second kappa shape index (κ2) is 10.4. The monoisotopic (exact) mass is 300 g/mol. The fourth-order valence-corrected chi connectivity index (χ4v) is 3.48. The normalized spacial score (nSPS) is 15.1. The highest BCUT2D eigenvalue weighted by molar-refractivity contribution is 6.77. The Morgan fingerprint density at radius 2 is 1.50 bits per heavy atom. The van der Waals surface area contributed by atoms with E-state index in [0.717, 1.165) is 25.7 Å². The fourth-order valence-electron chi connectivity index (χ4n) is 2.45. The molecule has 0 aromatic carbocycles. The number of unbranched alkanes of at least 4 members (excludes halogenated alkanes) is 5. The fraction of sp³-hybridized carbons (Fsp3) is 0.941. The smallest absolute Gasteiger partial charge is 0.306 e. The van der Waals surface area contributed by atoms with E-state index in [1.807, 2.05) is 0 Å². The van der Waals surface area contributed by atoms with E-state index in [2.05, 4.69) is 33.5 Å². The molecule has 120 valence electrons. The third kappa shape index (κ3) is 9.57. The van der Waals surface area contributed by atoms with Crippen LogP contribution >= 0.6 is 0 Å². The number of rotatable bonds is 12. The first-order valence-corrected chi connectivity index (χ1v) is 12.1.